The van der Waals surface area contributed by atoms with Gasteiger partial charge in [-0.1, -0.05) is 0 Å². The lowest BCUT2D eigenvalue weighted by atomic mass is 10.1. The number of carbonyl (C=O) groups is 1. The van der Waals surface area contributed by atoms with Gasteiger partial charge in [-0.3, -0.25) is 14.8 Å². The number of carbonyl (C=O) groups excluding carboxylic acids is 1. The summed E-state index contributed by atoms with van der Waals surface area (Å²) in [7, 11) is 2.13. The fourth-order valence-corrected chi connectivity index (χ4v) is 4.29. The number of aromatic nitrogens is 4. The summed E-state index contributed by atoms with van der Waals surface area (Å²) in [5, 5.41) is 6.23. The Balaban J connectivity index is 1.32. The van der Waals surface area contributed by atoms with Crippen molar-refractivity contribution >= 4 is 28.9 Å². The van der Waals surface area contributed by atoms with Gasteiger partial charge in [0.15, 0.2) is 0 Å². The summed E-state index contributed by atoms with van der Waals surface area (Å²) < 4.78 is 0. The summed E-state index contributed by atoms with van der Waals surface area (Å²) in [5.41, 5.74) is 6.48. The average molecular weight is 495 g/mol. The van der Waals surface area contributed by atoms with Crippen molar-refractivity contribution in [3.8, 4) is 11.3 Å². The number of likely N-dealkylation sites (N-methyl/N-ethyl adjacent to an activating group) is 1. The number of piperazine rings is 1. The van der Waals surface area contributed by atoms with Crippen LogP contribution in [-0.4, -0.2) is 64.0 Å². The maximum atomic E-state index is 13.2. The van der Waals surface area contributed by atoms with Gasteiger partial charge in [0.25, 0.3) is 5.91 Å². The Morgan fingerprint density at radius 1 is 0.946 bits per heavy atom. The van der Waals surface area contributed by atoms with Gasteiger partial charge in [-0.15, -0.1) is 0 Å². The van der Waals surface area contributed by atoms with Gasteiger partial charge in [-0.25, -0.2) is 9.97 Å². The van der Waals surface area contributed by atoms with E-state index < -0.39 is 0 Å². The molecule has 1 aliphatic heterocycles. The van der Waals surface area contributed by atoms with Gasteiger partial charge in [0, 0.05) is 61.6 Å². The van der Waals surface area contributed by atoms with E-state index in [4.69, 9.17) is 0 Å². The number of benzene rings is 1. The van der Waals surface area contributed by atoms with Crippen LogP contribution < -0.4 is 15.5 Å². The molecule has 4 aromatic rings. The first-order chi connectivity index (χ1) is 17.9. The standard InChI is InChI=1S/C28H30N8O/c1-19-13-22(15-24(14-19)36-11-9-35(3)10-12-36)27(37)32-23-16-26(20(2)31-18-23)34-28-30-8-6-25(33-28)21-5-4-7-29-17-21/h4-8,13-18H,9-12H2,1-3H3,(H,32,37)(H,30,33,34). The first-order valence-corrected chi connectivity index (χ1v) is 12.3. The van der Waals surface area contributed by atoms with Crippen LogP contribution in [-0.2, 0) is 0 Å². The minimum absolute atomic E-state index is 0.175. The molecule has 0 bridgehead atoms. The fourth-order valence-electron chi connectivity index (χ4n) is 4.29. The molecule has 0 unspecified atom stereocenters. The van der Waals surface area contributed by atoms with Crippen LogP contribution in [0.5, 0.6) is 0 Å². The summed E-state index contributed by atoms with van der Waals surface area (Å²) in [6, 6.07) is 13.5. The molecule has 1 aliphatic rings. The van der Waals surface area contributed by atoms with Crippen molar-refractivity contribution in [1.29, 1.82) is 0 Å². The van der Waals surface area contributed by atoms with E-state index in [2.05, 4.69) is 53.5 Å². The molecule has 4 heterocycles. The zero-order valence-corrected chi connectivity index (χ0v) is 21.3. The minimum atomic E-state index is -0.175. The van der Waals surface area contributed by atoms with Crippen molar-refractivity contribution in [2.75, 3.05) is 48.8 Å². The second-order valence-corrected chi connectivity index (χ2v) is 9.29. The van der Waals surface area contributed by atoms with Crippen molar-refractivity contribution in [3.63, 3.8) is 0 Å². The maximum Gasteiger partial charge on any atom is 0.255 e. The zero-order valence-electron chi connectivity index (χ0n) is 21.3. The number of hydrogen-bond acceptors (Lipinski definition) is 8. The molecule has 188 valence electrons. The molecule has 1 amide bonds. The SMILES string of the molecule is Cc1cc(C(=O)Nc2cnc(C)c(Nc3nccc(-c4cccnc4)n3)c2)cc(N2CCN(C)CC2)c1. The molecule has 0 radical (unpaired) electrons. The van der Waals surface area contributed by atoms with Gasteiger partial charge in [0.05, 0.1) is 29.0 Å². The molecule has 1 fully saturated rings. The third-order valence-corrected chi connectivity index (χ3v) is 6.40. The Morgan fingerprint density at radius 2 is 1.78 bits per heavy atom. The van der Waals surface area contributed by atoms with Crippen LogP contribution in [0, 0.1) is 13.8 Å². The van der Waals surface area contributed by atoms with E-state index in [1.165, 1.54) is 0 Å². The zero-order chi connectivity index (χ0) is 25.8. The van der Waals surface area contributed by atoms with E-state index in [9.17, 15) is 4.79 Å². The predicted octanol–water partition coefficient (Wildman–Crippen LogP) is 4.30. The Morgan fingerprint density at radius 3 is 2.57 bits per heavy atom. The third-order valence-electron chi connectivity index (χ3n) is 6.40. The third kappa shape index (κ3) is 5.90. The minimum Gasteiger partial charge on any atom is -0.369 e. The number of aryl methyl sites for hydroxylation is 2. The van der Waals surface area contributed by atoms with E-state index in [1.54, 1.807) is 24.8 Å². The molecule has 2 N–H and O–H groups in total. The number of amides is 1. The average Bonchev–Trinajstić information content (AvgIpc) is 2.91. The van der Waals surface area contributed by atoms with Crippen molar-refractivity contribution in [3.05, 3.63) is 84.1 Å². The quantitative estimate of drug-likeness (QED) is 0.409. The van der Waals surface area contributed by atoms with E-state index in [-0.39, 0.29) is 5.91 Å². The Bertz CT molecular complexity index is 1400. The molecule has 0 spiro atoms. The largest absolute Gasteiger partial charge is 0.369 e. The number of pyridine rings is 2. The fraction of sp³-hybridized carbons (Fsp3) is 0.250. The van der Waals surface area contributed by atoms with Crippen LogP contribution in [0.1, 0.15) is 21.6 Å². The number of nitrogens with one attached hydrogen (secondary N) is 2. The van der Waals surface area contributed by atoms with Crippen LogP contribution in [0.2, 0.25) is 0 Å². The number of nitrogens with zero attached hydrogens (tertiary/aromatic N) is 6. The summed E-state index contributed by atoms with van der Waals surface area (Å²) in [6.45, 7) is 7.82. The molecule has 9 heteroatoms. The lowest BCUT2D eigenvalue weighted by molar-refractivity contribution is 0.102. The Kier molecular flexibility index (Phi) is 7.04. The van der Waals surface area contributed by atoms with E-state index in [0.717, 1.165) is 54.4 Å². The smallest absolute Gasteiger partial charge is 0.255 e. The van der Waals surface area contributed by atoms with Crippen molar-refractivity contribution in [2.45, 2.75) is 13.8 Å². The molecule has 0 atom stereocenters. The van der Waals surface area contributed by atoms with Crippen LogP contribution in [0.3, 0.4) is 0 Å². The maximum absolute atomic E-state index is 13.2. The molecule has 9 nitrogen and oxygen atoms in total. The molecule has 1 aromatic carbocycles. The van der Waals surface area contributed by atoms with Crippen LogP contribution in [0.15, 0.2) is 67.3 Å². The monoisotopic (exact) mass is 494 g/mol. The van der Waals surface area contributed by atoms with Crippen LogP contribution in [0.25, 0.3) is 11.3 Å². The molecule has 0 aliphatic carbocycles. The highest BCUT2D eigenvalue weighted by molar-refractivity contribution is 6.05. The van der Waals surface area contributed by atoms with Gasteiger partial charge in [-0.2, -0.15) is 0 Å². The molecule has 5 rings (SSSR count). The van der Waals surface area contributed by atoms with Crippen molar-refractivity contribution in [1.82, 2.24) is 24.8 Å². The van der Waals surface area contributed by atoms with Crippen molar-refractivity contribution < 1.29 is 4.79 Å². The summed E-state index contributed by atoms with van der Waals surface area (Å²) in [4.78, 5) is 35.4. The first-order valence-electron chi connectivity index (χ1n) is 12.3. The Hall–Kier alpha value is -4.37. The lowest BCUT2D eigenvalue weighted by Crippen LogP contribution is -2.44. The topological polar surface area (TPSA) is 99.2 Å². The van der Waals surface area contributed by atoms with Crippen molar-refractivity contribution in [2.24, 2.45) is 0 Å². The van der Waals surface area contributed by atoms with Gasteiger partial charge in [0.1, 0.15) is 0 Å². The molecule has 3 aromatic heterocycles. The number of rotatable bonds is 6. The van der Waals surface area contributed by atoms with E-state index in [1.807, 2.05) is 50.2 Å². The second kappa shape index (κ2) is 10.7. The predicted molar refractivity (Wildman–Crippen MR) is 146 cm³/mol. The van der Waals surface area contributed by atoms with Crippen LogP contribution >= 0.6 is 0 Å². The van der Waals surface area contributed by atoms with E-state index in [0.29, 0.717) is 22.9 Å². The highest BCUT2D eigenvalue weighted by atomic mass is 16.1. The second-order valence-electron chi connectivity index (χ2n) is 9.29. The summed E-state index contributed by atoms with van der Waals surface area (Å²) in [6.07, 6.45) is 6.84. The Labute approximate surface area is 216 Å². The first kappa shape index (κ1) is 24.3. The summed E-state index contributed by atoms with van der Waals surface area (Å²) >= 11 is 0. The molecule has 0 saturated carbocycles. The summed E-state index contributed by atoms with van der Waals surface area (Å²) in [5.74, 6) is 0.260. The molecular weight excluding hydrogens is 464 g/mol. The van der Waals surface area contributed by atoms with Gasteiger partial charge in [-0.05, 0) is 68.9 Å². The van der Waals surface area contributed by atoms with Gasteiger partial charge < -0.3 is 20.4 Å². The molecular formula is C28H30N8O. The highest BCUT2D eigenvalue weighted by Crippen LogP contribution is 2.25. The van der Waals surface area contributed by atoms with Crippen LogP contribution in [0.4, 0.5) is 23.0 Å². The number of hydrogen-bond donors (Lipinski definition) is 2. The van der Waals surface area contributed by atoms with Gasteiger partial charge >= 0.3 is 0 Å². The number of anilines is 4. The lowest BCUT2D eigenvalue weighted by Gasteiger charge is -2.34. The molecule has 37 heavy (non-hydrogen) atoms. The highest BCUT2D eigenvalue weighted by Gasteiger charge is 2.17. The normalized spacial score (nSPS) is 13.9. The molecule has 1 saturated heterocycles. The van der Waals surface area contributed by atoms with Gasteiger partial charge in [0.2, 0.25) is 5.95 Å². The van der Waals surface area contributed by atoms with E-state index >= 15 is 0 Å².